The standard InChI is InChI=1S/C16H23F2NS/c1-2-19-13(11-20-14-5-3-4-6-14)9-12-7-8-15(17)16(18)10-12/h7-8,10,13-14,19H,2-6,9,11H2,1H3. The second-order valence-corrected chi connectivity index (χ2v) is 6.78. The van der Waals surface area contributed by atoms with E-state index in [1.807, 2.05) is 11.8 Å². The quantitative estimate of drug-likeness (QED) is 0.811. The van der Waals surface area contributed by atoms with Crippen molar-refractivity contribution in [3.63, 3.8) is 0 Å². The summed E-state index contributed by atoms with van der Waals surface area (Å²) < 4.78 is 26.2. The van der Waals surface area contributed by atoms with E-state index in [2.05, 4.69) is 12.2 Å². The van der Waals surface area contributed by atoms with Crippen molar-refractivity contribution in [3.05, 3.63) is 35.4 Å². The van der Waals surface area contributed by atoms with E-state index in [9.17, 15) is 8.78 Å². The number of hydrogen-bond donors (Lipinski definition) is 1. The molecule has 0 radical (unpaired) electrons. The summed E-state index contributed by atoms with van der Waals surface area (Å²) in [4.78, 5) is 0. The SMILES string of the molecule is CCNC(CSC1CCCC1)Cc1ccc(F)c(F)c1. The number of hydrogen-bond acceptors (Lipinski definition) is 2. The molecule has 4 heteroatoms. The van der Waals surface area contributed by atoms with Gasteiger partial charge in [0.25, 0.3) is 0 Å². The van der Waals surface area contributed by atoms with E-state index >= 15 is 0 Å². The summed E-state index contributed by atoms with van der Waals surface area (Å²) in [6.07, 6.45) is 6.12. The van der Waals surface area contributed by atoms with Crippen LogP contribution in [0.25, 0.3) is 0 Å². The van der Waals surface area contributed by atoms with Gasteiger partial charge in [0.15, 0.2) is 11.6 Å². The van der Waals surface area contributed by atoms with Gasteiger partial charge in [0, 0.05) is 17.0 Å². The molecule has 1 aromatic rings. The van der Waals surface area contributed by atoms with E-state index in [0.29, 0.717) is 6.04 Å². The van der Waals surface area contributed by atoms with Gasteiger partial charge in [-0.15, -0.1) is 0 Å². The third kappa shape index (κ3) is 4.74. The second kappa shape index (κ2) is 7.99. The molecular weight excluding hydrogens is 276 g/mol. The molecule has 0 bridgehead atoms. The summed E-state index contributed by atoms with van der Waals surface area (Å²) in [5.41, 5.74) is 0.863. The summed E-state index contributed by atoms with van der Waals surface area (Å²) >= 11 is 2.03. The van der Waals surface area contributed by atoms with E-state index in [0.717, 1.165) is 29.5 Å². The Morgan fingerprint density at radius 1 is 1.25 bits per heavy atom. The van der Waals surface area contributed by atoms with Gasteiger partial charge in [-0.05, 0) is 43.5 Å². The van der Waals surface area contributed by atoms with Crippen LogP contribution in [0.2, 0.25) is 0 Å². The fraction of sp³-hybridized carbons (Fsp3) is 0.625. The maximum Gasteiger partial charge on any atom is 0.159 e. The fourth-order valence-corrected chi connectivity index (χ4v) is 4.14. The third-order valence-electron chi connectivity index (χ3n) is 3.79. The van der Waals surface area contributed by atoms with Crippen LogP contribution in [0.4, 0.5) is 8.78 Å². The zero-order chi connectivity index (χ0) is 14.4. The van der Waals surface area contributed by atoms with Crippen LogP contribution < -0.4 is 5.32 Å². The first-order valence-electron chi connectivity index (χ1n) is 7.48. The van der Waals surface area contributed by atoms with Crippen molar-refractivity contribution in [2.45, 2.75) is 50.3 Å². The van der Waals surface area contributed by atoms with Crippen molar-refractivity contribution >= 4 is 11.8 Å². The largest absolute Gasteiger partial charge is 0.313 e. The van der Waals surface area contributed by atoms with Gasteiger partial charge >= 0.3 is 0 Å². The Kier molecular flexibility index (Phi) is 6.30. The Morgan fingerprint density at radius 3 is 2.65 bits per heavy atom. The summed E-state index contributed by atoms with van der Waals surface area (Å²) in [6, 6.07) is 4.55. The normalized spacial score (nSPS) is 17.6. The zero-order valence-electron chi connectivity index (χ0n) is 12.0. The first-order valence-corrected chi connectivity index (χ1v) is 8.53. The molecule has 1 aliphatic rings. The Balaban J connectivity index is 1.88. The molecule has 112 valence electrons. The Labute approximate surface area is 124 Å². The molecule has 1 atom stereocenters. The van der Waals surface area contributed by atoms with Gasteiger partial charge in [0.2, 0.25) is 0 Å². The summed E-state index contributed by atoms with van der Waals surface area (Å²) in [5.74, 6) is -0.479. The molecule has 0 amide bonds. The minimum atomic E-state index is -0.769. The van der Waals surface area contributed by atoms with E-state index < -0.39 is 11.6 Å². The van der Waals surface area contributed by atoms with Gasteiger partial charge in [0.05, 0.1) is 0 Å². The number of benzene rings is 1. The van der Waals surface area contributed by atoms with E-state index in [1.54, 1.807) is 6.07 Å². The Bertz CT molecular complexity index is 419. The lowest BCUT2D eigenvalue weighted by molar-refractivity contribution is 0.504. The van der Waals surface area contributed by atoms with Crippen molar-refractivity contribution in [2.75, 3.05) is 12.3 Å². The van der Waals surface area contributed by atoms with E-state index in [4.69, 9.17) is 0 Å². The average Bonchev–Trinajstić information content (AvgIpc) is 2.94. The molecule has 1 aliphatic carbocycles. The zero-order valence-corrected chi connectivity index (χ0v) is 12.8. The molecular formula is C16H23F2NS. The van der Waals surface area contributed by atoms with Crippen LogP contribution in [0, 0.1) is 11.6 Å². The van der Waals surface area contributed by atoms with Gasteiger partial charge in [-0.1, -0.05) is 25.8 Å². The third-order valence-corrected chi connectivity index (χ3v) is 5.33. The van der Waals surface area contributed by atoms with Crippen molar-refractivity contribution in [2.24, 2.45) is 0 Å². The number of thioether (sulfide) groups is 1. The minimum Gasteiger partial charge on any atom is -0.313 e. The number of likely N-dealkylation sites (N-methyl/N-ethyl adjacent to an activating group) is 1. The summed E-state index contributed by atoms with van der Waals surface area (Å²) in [6.45, 7) is 2.98. The highest BCUT2D eigenvalue weighted by Crippen LogP contribution is 2.30. The molecule has 0 heterocycles. The van der Waals surface area contributed by atoms with Crippen LogP contribution in [0.15, 0.2) is 18.2 Å². The van der Waals surface area contributed by atoms with Crippen molar-refractivity contribution in [3.8, 4) is 0 Å². The first kappa shape index (κ1) is 15.8. The summed E-state index contributed by atoms with van der Waals surface area (Å²) in [5, 5.41) is 4.24. The predicted molar refractivity (Wildman–Crippen MR) is 82.2 cm³/mol. The Morgan fingerprint density at radius 2 is 2.00 bits per heavy atom. The monoisotopic (exact) mass is 299 g/mol. The highest BCUT2D eigenvalue weighted by Gasteiger charge is 2.18. The van der Waals surface area contributed by atoms with Gasteiger partial charge in [-0.2, -0.15) is 11.8 Å². The molecule has 1 aromatic carbocycles. The molecule has 1 nitrogen and oxygen atoms in total. The van der Waals surface area contributed by atoms with Gasteiger partial charge in [-0.3, -0.25) is 0 Å². The fourth-order valence-electron chi connectivity index (χ4n) is 2.74. The maximum absolute atomic E-state index is 13.2. The first-order chi connectivity index (χ1) is 9.69. The lowest BCUT2D eigenvalue weighted by atomic mass is 10.1. The molecule has 0 aliphatic heterocycles. The van der Waals surface area contributed by atoms with Crippen LogP contribution in [0.3, 0.4) is 0 Å². The predicted octanol–water partition coefficient (Wildman–Crippen LogP) is 4.16. The van der Waals surface area contributed by atoms with Crippen LogP contribution in [0.1, 0.15) is 38.2 Å². The lowest BCUT2D eigenvalue weighted by Crippen LogP contribution is -2.33. The highest BCUT2D eigenvalue weighted by atomic mass is 32.2. The molecule has 1 unspecified atom stereocenters. The molecule has 0 spiro atoms. The van der Waals surface area contributed by atoms with Gasteiger partial charge in [-0.25, -0.2) is 8.78 Å². The molecule has 2 rings (SSSR count). The van der Waals surface area contributed by atoms with E-state index in [1.165, 1.54) is 37.8 Å². The molecule has 1 N–H and O–H groups in total. The van der Waals surface area contributed by atoms with Crippen molar-refractivity contribution < 1.29 is 8.78 Å². The smallest absolute Gasteiger partial charge is 0.159 e. The Hall–Kier alpha value is -0.610. The number of halogens is 2. The summed E-state index contributed by atoms with van der Waals surface area (Å²) in [7, 11) is 0. The number of rotatable bonds is 7. The molecule has 20 heavy (non-hydrogen) atoms. The molecule has 0 aromatic heterocycles. The van der Waals surface area contributed by atoms with Crippen LogP contribution in [0.5, 0.6) is 0 Å². The van der Waals surface area contributed by atoms with Crippen LogP contribution >= 0.6 is 11.8 Å². The second-order valence-electron chi connectivity index (χ2n) is 5.45. The van der Waals surface area contributed by atoms with Gasteiger partial charge in [0.1, 0.15) is 0 Å². The average molecular weight is 299 g/mol. The number of nitrogens with one attached hydrogen (secondary N) is 1. The maximum atomic E-state index is 13.2. The van der Waals surface area contributed by atoms with Crippen molar-refractivity contribution in [1.82, 2.24) is 5.32 Å². The van der Waals surface area contributed by atoms with Crippen LogP contribution in [-0.2, 0) is 6.42 Å². The molecule has 1 saturated carbocycles. The van der Waals surface area contributed by atoms with E-state index in [-0.39, 0.29) is 0 Å². The van der Waals surface area contributed by atoms with Crippen LogP contribution in [-0.4, -0.2) is 23.6 Å². The lowest BCUT2D eigenvalue weighted by Gasteiger charge is -2.20. The van der Waals surface area contributed by atoms with Gasteiger partial charge < -0.3 is 5.32 Å². The highest BCUT2D eigenvalue weighted by molar-refractivity contribution is 7.99. The van der Waals surface area contributed by atoms with Crippen molar-refractivity contribution in [1.29, 1.82) is 0 Å². The molecule has 0 saturated heterocycles. The topological polar surface area (TPSA) is 12.0 Å². The molecule has 1 fully saturated rings. The minimum absolute atomic E-state index is 0.329.